The summed E-state index contributed by atoms with van der Waals surface area (Å²) < 4.78 is 1.32. The van der Waals surface area contributed by atoms with Crippen molar-refractivity contribution in [3.05, 3.63) is 28.8 Å². The minimum absolute atomic E-state index is 0.531. The zero-order valence-corrected chi connectivity index (χ0v) is 11.2. The van der Waals surface area contributed by atoms with Gasteiger partial charge in [0.1, 0.15) is 0 Å². The molecule has 0 amide bonds. The molecule has 90 valence electrons. The van der Waals surface area contributed by atoms with Gasteiger partial charge in [-0.1, -0.05) is 19.9 Å². The van der Waals surface area contributed by atoms with Crippen LogP contribution in [0.3, 0.4) is 0 Å². The Bertz CT molecular complexity index is 524. The summed E-state index contributed by atoms with van der Waals surface area (Å²) in [6, 6.07) is 6.81. The predicted molar refractivity (Wildman–Crippen MR) is 73.9 cm³/mol. The van der Waals surface area contributed by atoms with Crippen LogP contribution in [0.4, 0.5) is 0 Å². The van der Waals surface area contributed by atoms with Crippen LogP contribution in [0.1, 0.15) is 42.7 Å². The molecule has 1 aliphatic rings. The molecule has 1 atom stereocenters. The molecule has 1 fully saturated rings. The van der Waals surface area contributed by atoms with Crippen molar-refractivity contribution >= 4 is 21.6 Å². The molecular weight excluding hydrogens is 228 g/mol. The molecule has 1 aromatic carbocycles. The summed E-state index contributed by atoms with van der Waals surface area (Å²) in [5.74, 6) is 1.22. The number of nitrogens with zero attached hydrogens (tertiary/aromatic N) is 1. The number of benzene rings is 1. The standard InChI is InChI=1S/C14H18N2S/c1-9(2)14-16-12-7-10(3-4-13(12)17-14)11-5-6-15-8-11/h3-4,7,9,11,15H,5-6,8H2,1-2H3. The Hall–Kier alpha value is -0.930. The molecule has 3 rings (SSSR count). The maximum Gasteiger partial charge on any atom is 0.0963 e. The molecular formula is C14H18N2S. The van der Waals surface area contributed by atoms with Crippen molar-refractivity contribution in [2.75, 3.05) is 13.1 Å². The molecule has 1 aliphatic heterocycles. The van der Waals surface area contributed by atoms with E-state index in [4.69, 9.17) is 4.98 Å². The number of nitrogens with one attached hydrogen (secondary N) is 1. The minimum Gasteiger partial charge on any atom is -0.316 e. The second-order valence-electron chi connectivity index (χ2n) is 5.12. The monoisotopic (exact) mass is 246 g/mol. The summed E-state index contributed by atoms with van der Waals surface area (Å²) in [6.45, 7) is 6.68. The second-order valence-corrected chi connectivity index (χ2v) is 6.19. The molecule has 1 saturated heterocycles. The summed E-state index contributed by atoms with van der Waals surface area (Å²) in [4.78, 5) is 4.74. The van der Waals surface area contributed by atoms with Crippen molar-refractivity contribution in [2.24, 2.45) is 0 Å². The second kappa shape index (κ2) is 4.39. The third-order valence-electron chi connectivity index (χ3n) is 3.45. The molecule has 17 heavy (non-hydrogen) atoms. The topological polar surface area (TPSA) is 24.9 Å². The zero-order valence-electron chi connectivity index (χ0n) is 10.4. The van der Waals surface area contributed by atoms with Crippen LogP contribution >= 0.6 is 11.3 Å². The number of hydrogen-bond donors (Lipinski definition) is 1. The Morgan fingerprint density at radius 2 is 2.29 bits per heavy atom. The first-order valence-corrected chi connectivity index (χ1v) is 7.17. The van der Waals surface area contributed by atoms with Crippen molar-refractivity contribution in [3.8, 4) is 0 Å². The van der Waals surface area contributed by atoms with Crippen molar-refractivity contribution in [1.29, 1.82) is 0 Å². The van der Waals surface area contributed by atoms with E-state index in [-0.39, 0.29) is 0 Å². The highest BCUT2D eigenvalue weighted by atomic mass is 32.1. The third kappa shape index (κ3) is 2.09. The van der Waals surface area contributed by atoms with Gasteiger partial charge in [0.05, 0.1) is 15.2 Å². The minimum atomic E-state index is 0.531. The van der Waals surface area contributed by atoms with Crippen LogP contribution in [0.15, 0.2) is 18.2 Å². The van der Waals surface area contributed by atoms with Crippen LogP contribution in [0.25, 0.3) is 10.2 Å². The van der Waals surface area contributed by atoms with E-state index in [2.05, 4.69) is 37.4 Å². The summed E-state index contributed by atoms with van der Waals surface area (Å²) in [5, 5.41) is 4.68. The Kier molecular flexibility index (Phi) is 2.89. The molecule has 0 saturated carbocycles. The van der Waals surface area contributed by atoms with E-state index in [1.54, 1.807) is 0 Å². The van der Waals surface area contributed by atoms with E-state index in [1.807, 2.05) is 11.3 Å². The van der Waals surface area contributed by atoms with Crippen molar-refractivity contribution in [2.45, 2.75) is 32.1 Å². The third-order valence-corrected chi connectivity index (χ3v) is 4.79. The van der Waals surface area contributed by atoms with Gasteiger partial charge in [-0.05, 0) is 36.6 Å². The average Bonchev–Trinajstić information content (AvgIpc) is 2.97. The lowest BCUT2D eigenvalue weighted by Gasteiger charge is -2.07. The molecule has 1 aromatic heterocycles. The average molecular weight is 246 g/mol. The van der Waals surface area contributed by atoms with Gasteiger partial charge >= 0.3 is 0 Å². The zero-order chi connectivity index (χ0) is 11.8. The molecule has 1 N–H and O–H groups in total. The molecule has 2 nitrogen and oxygen atoms in total. The fourth-order valence-electron chi connectivity index (χ4n) is 2.40. The van der Waals surface area contributed by atoms with Gasteiger partial charge in [-0.3, -0.25) is 0 Å². The normalized spacial score (nSPS) is 20.5. The summed E-state index contributed by atoms with van der Waals surface area (Å²) >= 11 is 1.83. The molecule has 0 radical (unpaired) electrons. The lowest BCUT2D eigenvalue weighted by atomic mass is 9.98. The van der Waals surface area contributed by atoms with E-state index in [0.717, 1.165) is 13.1 Å². The van der Waals surface area contributed by atoms with Gasteiger partial charge in [0.25, 0.3) is 0 Å². The predicted octanol–water partition coefficient (Wildman–Crippen LogP) is 3.50. The number of thiazole rings is 1. The molecule has 0 bridgehead atoms. The van der Waals surface area contributed by atoms with Gasteiger partial charge in [-0.25, -0.2) is 4.98 Å². The number of rotatable bonds is 2. The molecule has 0 aliphatic carbocycles. The maximum atomic E-state index is 4.74. The number of hydrogen-bond acceptors (Lipinski definition) is 3. The summed E-state index contributed by atoms with van der Waals surface area (Å²) in [7, 11) is 0. The van der Waals surface area contributed by atoms with E-state index in [0.29, 0.717) is 11.8 Å². The van der Waals surface area contributed by atoms with Gasteiger partial charge in [-0.2, -0.15) is 0 Å². The maximum absolute atomic E-state index is 4.74. The lowest BCUT2D eigenvalue weighted by molar-refractivity contribution is 0.764. The van der Waals surface area contributed by atoms with Gasteiger partial charge in [-0.15, -0.1) is 11.3 Å². The Morgan fingerprint density at radius 3 is 3.00 bits per heavy atom. The van der Waals surface area contributed by atoms with Gasteiger partial charge in [0.15, 0.2) is 0 Å². The number of fused-ring (bicyclic) bond motifs is 1. The smallest absolute Gasteiger partial charge is 0.0963 e. The van der Waals surface area contributed by atoms with E-state index in [1.165, 1.54) is 27.2 Å². The van der Waals surface area contributed by atoms with Crippen molar-refractivity contribution in [3.63, 3.8) is 0 Å². The highest BCUT2D eigenvalue weighted by Crippen LogP contribution is 2.31. The molecule has 2 aromatic rings. The number of aromatic nitrogens is 1. The lowest BCUT2D eigenvalue weighted by Crippen LogP contribution is -2.07. The summed E-state index contributed by atoms with van der Waals surface area (Å²) in [6.07, 6.45) is 1.26. The van der Waals surface area contributed by atoms with Crippen LogP contribution in [0, 0.1) is 0 Å². The Labute approximate surface area is 106 Å². The quantitative estimate of drug-likeness (QED) is 0.877. The first kappa shape index (κ1) is 11.2. The highest BCUT2D eigenvalue weighted by molar-refractivity contribution is 7.18. The largest absolute Gasteiger partial charge is 0.316 e. The summed E-state index contributed by atoms with van der Waals surface area (Å²) in [5.41, 5.74) is 2.63. The van der Waals surface area contributed by atoms with E-state index >= 15 is 0 Å². The van der Waals surface area contributed by atoms with Gasteiger partial charge in [0.2, 0.25) is 0 Å². The van der Waals surface area contributed by atoms with E-state index < -0.39 is 0 Å². The highest BCUT2D eigenvalue weighted by Gasteiger charge is 2.17. The van der Waals surface area contributed by atoms with Crippen LogP contribution in [-0.4, -0.2) is 18.1 Å². The van der Waals surface area contributed by atoms with Crippen LogP contribution in [-0.2, 0) is 0 Å². The fourth-order valence-corrected chi connectivity index (χ4v) is 3.35. The van der Waals surface area contributed by atoms with E-state index in [9.17, 15) is 0 Å². The van der Waals surface area contributed by atoms with Gasteiger partial charge in [0, 0.05) is 12.5 Å². The molecule has 3 heteroatoms. The fraction of sp³-hybridized carbons (Fsp3) is 0.500. The van der Waals surface area contributed by atoms with Crippen molar-refractivity contribution < 1.29 is 0 Å². The molecule has 2 heterocycles. The first-order chi connectivity index (χ1) is 8.24. The molecule has 0 spiro atoms. The van der Waals surface area contributed by atoms with Crippen LogP contribution in [0.2, 0.25) is 0 Å². The molecule has 1 unspecified atom stereocenters. The van der Waals surface area contributed by atoms with Crippen molar-refractivity contribution in [1.82, 2.24) is 10.3 Å². The Morgan fingerprint density at radius 1 is 1.41 bits per heavy atom. The van der Waals surface area contributed by atoms with Crippen LogP contribution < -0.4 is 5.32 Å². The first-order valence-electron chi connectivity index (χ1n) is 6.35. The Balaban J connectivity index is 2.00. The SMILES string of the molecule is CC(C)c1nc2cc(C3CCNC3)ccc2s1. The van der Waals surface area contributed by atoms with Crippen LogP contribution in [0.5, 0.6) is 0 Å². The van der Waals surface area contributed by atoms with Gasteiger partial charge < -0.3 is 5.32 Å².